The van der Waals surface area contributed by atoms with E-state index < -0.39 is 15.9 Å². The summed E-state index contributed by atoms with van der Waals surface area (Å²) in [5, 5.41) is 0.464. The van der Waals surface area contributed by atoms with Crippen LogP contribution in [0.1, 0.15) is 6.42 Å². The SMILES string of the molecule is COCCOCCC(=O)NS(=O)(=O)c1cccc2ncccc12. The molecule has 0 atom stereocenters. The highest BCUT2D eigenvalue weighted by Gasteiger charge is 2.20. The molecule has 0 spiro atoms. The molecule has 1 aromatic heterocycles. The first-order valence-electron chi connectivity index (χ1n) is 7.00. The zero-order valence-electron chi connectivity index (χ0n) is 12.7. The molecule has 2 aromatic rings. The normalized spacial score (nSPS) is 11.5. The summed E-state index contributed by atoms with van der Waals surface area (Å²) in [5.41, 5.74) is 0.547. The van der Waals surface area contributed by atoms with Gasteiger partial charge in [0, 0.05) is 18.7 Å². The quantitative estimate of drug-likeness (QED) is 0.724. The number of methoxy groups -OCH3 is 1. The van der Waals surface area contributed by atoms with Crippen molar-refractivity contribution in [1.82, 2.24) is 9.71 Å². The fourth-order valence-corrected chi connectivity index (χ4v) is 3.21. The van der Waals surface area contributed by atoms with E-state index in [1.54, 1.807) is 37.6 Å². The van der Waals surface area contributed by atoms with Crippen molar-refractivity contribution in [3.05, 3.63) is 36.5 Å². The van der Waals surface area contributed by atoms with Crippen LogP contribution in [0.3, 0.4) is 0 Å². The van der Waals surface area contributed by atoms with Crippen molar-refractivity contribution in [2.75, 3.05) is 26.9 Å². The molecule has 2 rings (SSSR count). The number of carbonyl (C=O) groups is 1. The molecule has 0 saturated heterocycles. The highest BCUT2D eigenvalue weighted by Crippen LogP contribution is 2.20. The lowest BCUT2D eigenvalue weighted by Crippen LogP contribution is -2.31. The smallest absolute Gasteiger partial charge is 0.264 e. The van der Waals surface area contributed by atoms with Gasteiger partial charge in [0.1, 0.15) is 0 Å². The Morgan fingerprint density at radius 3 is 2.78 bits per heavy atom. The largest absolute Gasteiger partial charge is 0.382 e. The van der Waals surface area contributed by atoms with Crippen LogP contribution in [0.15, 0.2) is 41.4 Å². The van der Waals surface area contributed by atoms with Crippen molar-refractivity contribution in [2.24, 2.45) is 0 Å². The van der Waals surface area contributed by atoms with E-state index in [9.17, 15) is 13.2 Å². The second kappa shape index (κ2) is 8.00. The zero-order valence-corrected chi connectivity index (χ0v) is 13.5. The molecule has 1 heterocycles. The summed E-state index contributed by atoms with van der Waals surface area (Å²) in [5.74, 6) is -0.622. The first-order chi connectivity index (χ1) is 11.0. The van der Waals surface area contributed by atoms with E-state index in [-0.39, 0.29) is 17.9 Å². The minimum atomic E-state index is -3.95. The van der Waals surface area contributed by atoms with E-state index in [4.69, 9.17) is 9.47 Å². The van der Waals surface area contributed by atoms with Gasteiger partial charge in [0.25, 0.3) is 10.0 Å². The summed E-state index contributed by atoms with van der Waals surface area (Å²) in [6, 6.07) is 8.03. The summed E-state index contributed by atoms with van der Waals surface area (Å²) >= 11 is 0. The van der Waals surface area contributed by atoms with Crippen LogP contribution in [-0.2, 0) is 24.3 Å². The Kier molecular flexibility index (Phi) is 6.03. The van der Waals surface area contributed by atoms with Gasteiger partial charge in [0.05, 0.1) is 36.7 Å². The fraction of sp³-hybridized carbons (Fsp3) is 0.333. The van der Waals surface area contributed by atoms with Crippen LogP contribution in [0.25, 0.3) is 10.9 Å². The summed E-state index contributed by atoms with van der Waals surface area (Å²) in [6.07, 6.45) is 1.53. The van der Waals surface area contributed by atoms with Gasteiger partial charge in [-0.2, -0.15) is 0 Å². The maximum atomic E-state index is 12.4. The number of nitrogens with zero attached hydrogens (tertiary/aromatic N) is 1. The van der Waals surface area contributed by atoms with Gasteiger partial charge in [-0.05, 0) is 24.3 Å². The monoisotopic (exact) mass is 338 g/mol. The molecule has 0 unspecified atom stereocenters. The molecule has 7 nitrogen and oxygen atoms in total. The van der Waals surface area contributed by atoms with Gasteiger partial charge in [-0.1, -0.05) is 6.07 Å². The third kappa shape index (κ3) is 4.72. The van der Waals surface area contributed by atoms with Crippen molar-refractivity contribution in [2.45, 2.75) is 11.3 Å². The zero-order chi connectivity index (χ0) is 16.7. The van der Waals surface area contributed by atoms with Crippen molar-refractivity contribution in [1.29, 1.82) is 0 Å². The molecule has 1 N–H and O–H groups in total. The van der Waals surface area contributed by atoms with Gasteiger partial charge in [-0.25, -0.2) is 13.1 Å². The lowest BCUT2D eigenvalue weighted by molar-refractivity contribution is -0.120. The van der Waals surface area contributed by atoms with Crippen molar-refractivity contribution >= 4 is 26.8 Å². The van der Waals surface area contributed by atoms with E-state index >= 15 is 0 Å². The summed E-state index contributed by atoms with van der Waals surface area (Å²) < 4.78 is 36.7. The number of fused-ring (bicyclic) bond motifs is 1. The lowest BCUT2D eigenvalue weighted by atomic mass is 10.2. The molecule has 0 saturated carbocycles. The maximum absolute atomic E-state index is 12.4. The van der Waals surface area contributed by atoms with Gasteiger partial charge in [-0.15, -0.1) is 0 Å². The second-order valence-electron chi connectivity index (χ2n) is 4.71. The standard InChI is InChI=1S/C15H18N2O5S/c1-21-10-11-22-9-7-15(18)17-23(19,20)14-6-2-5-13-12(14)4-3-8-16-13/h2-6,8H,7,9-11H2,1H3,(H,17,18). The van der Waals surface area contributed by atoms with E-state index in [1.165, 1.54) is 6.07 Å². The van der Waals surface area contributed by atoms with E-state index in [0.29, 0.717) is 24.1 Å². The first kappa shape index (κ1) is 17.3. The minimum absolute atomic E-state index is 0.0248. The van der Waals surface area contributed by atoms with Crippen LogP contribution in [-0.4, -0.2) is 46.2 Å². The van der Waals surface area contributed by atoms with Crippen molar-refractivity contribution < 1.29 is 22.7 Å². The van der Waals surface area contributed by atoms with Gasteiger partial charge in [-0.3, -0.25) is 9.78 Å². The fourth-order valence-electron chi connectivity index (χ4n) is 1.97. The predicted octanol–water partition coefficient (Wildman–Crippen LogP) is 1.09. The highest BCUT2D eigenvalue weighted by atomic mass is 32.2. The van der Waals surface area contributed by atoms with Gasteiger partial charge >= 0.3 is 0 Å². The molecule has 23 heavy (non-hydrogen) atoms. The molecule has 124 valence electrons. The van der Waals surface area contributed by atoms with Crippen molar-refractivity contribution in [3.8, 4) is 0 Å². The lowest BCUT2D eigenvalue weighted by Gasteiger charge is -2.09. The molecular weight excluding hydrogens is 320 g/mol. The number of aromatic nitrogens is 1. The Labute approximate surface area is 134 Å². The minimum Gasteiger partial charge on any atom is -0.382 e. The van der Waals surface area contributed by atoms with Crippen LogP contribution in [0.4, 0.5) is 0 Å². The topological polar surface area (TPSA) is 94.6 Å². The number of rotatable bonds is 8. The van der Waals surface area contributed by atoms with Gasteiger partial charge < -0.3 is 9.47 Å². The average Bonchev–Trinajstić information content (AvgIpc) is 2.53. The van der Waals surface area contributed by atoms with E-state index in [2.05, 4.69) is 4.98 Å². The number of nitrogens with one attached hydrogen (secondary N) is 1. The molecule has 1 aromatic carbocycles. The Bertz CT molecular complexity index is 771. The molecule has 1 amide bonds. The Morgan fingerprint density at radius 2 is 2.00 bits per heavy atom. The maximum Gasteiger partial charge on any atom is 0.264 e. The molecule has 0 radical (unpaired) electrons. The van der Waals surface area contributed by atoms with Crippen LogP contribution >= 0.6 is 0 Å². The van der Waals surface area contributed by atoms with Crippen molar-refractivity contribution in [3.63, 3.8) is 0 Å². The number of sulfonamides is 1. The number of amides is 1. The molecule has 0 aliphatic heterocycles. The summed E-state index contributed by atoms with van der Waals surface area (Å²) in [7, 11) is -2.41. The average molecular weight is 338 g/mol. The number of hydrogen-bond donors (Lipinski definition) is 1. The van der Waals surface area contributed by atoms with Crippen LogP contribution < -0.4 is 4.72 Å². The Hall–Kier alpha value is -2.03. The summed E-state index contributed by atoms with van der Waals surface area (Å²) in [6.45, 7) is 0.899. The molecule has 8 heteroatoms. The number of pyridine rings is 1. The Balaban J connectivity index is 2.05. The highest BCUT2D eigenvalue weighted by molar-refractivity contribution is 7.90. The third-order valence-electron chi connectivity index (χ3n) is 3.05. The number of ether oxygens (including phenoxy) is 2. The van der Waals surface area contributed by atoms with Crippen LogP contribution in [0, 0.1) is 0 Å². The molecule has 0 fully saturated rings. The number of benzene rings is 1. The molecule has 0 bridgehead atoms. The van der Waals surface area contributed by atoms with Gasteiger partial charge in [0.2, 0.25) is 5.91 Å². The second-order valence-corrected chi connectivity index (χ2v) is 6.36. The third-order valence-corrected chi connectivity index (χ3v) is 4.48. The molecular formula is C15H18N2O5S. The number of hydrogen-bond acceptors (Lipinski definition) is 6. The number of carbonyl (C=O) groups excluding carboxylic acids is 1. The van der Waals surface area contributed by atoms with E-state index in [0.717, 1.165) is 0 Å². The van der Waals surface area contributed by atoms with Gasteiger partial charge in [0.15, 0.2) is 0 Å². The van der Waals surface area contributed by atoms with Crippen LogP contribution in [0.2, 0.25) is 0 Å². The van der Waals surface area contributed by atoms with Crippen LogP contribution in [0.5, 0.6) is 0 Å². The molecule has 0 aliphatic carbocycles. The summed E-state index contributed by atoms with van der Waals surface area (Å²) in [4.78, 5) is 15.9. The first-order valence-corrected chi connectivity index (χ1v) is 8.49. The Morgan fingerprint density at radius 1 is 1.17 bits per heavy atom. The van der Waals surface area contributed by atoms with E-state index in [1.807, 2.05) is 4.72 Å². The molecule has 0 aliphatic rings. The predicted molar refractivity (Wildman–Crippen MR) is 84.4 cm³/mol.